The van der Waals surface area contributed by atoms with Crippen LogP contribution in [0.1, 0.15) is 25.0 Å². The molecule has 5 nitrogen and oxygen atoms in total. The summed E-state index contributed by atoms with van der Waals surface area (Å²) < 4.78 is 6.25. The first-order valence-corrected chi connectivity index (χ1v) is 11.4. The number of thiazole rings is 1. The first kappa shape index (κ1) is 22.5. The van der Waals surface area contributed by atoms with Crippen molar-refractivity contribution in [1.82, 2.24) is 9.88 Å². The average Bonchev–Trinajstić information content (AvgIpc) is 3.19. The van der Waals surface area contributed by atoms with Gasteiger partial charge in [0.05, 0.1) is 23.7 Å². The van der Waals surface area contributed by atoms with Gasteiger partial charge in [-0.3, -0.25) is 9.69 Å². The number of nitrogens with zero attached hydrogens (tertiary/aromatic N) is 3. The van der Waals surface area contributed by atoms with Crippen molar-refractivity contribution in [2.45, 2.75) is 27.2 Å². The van der Waals surface area contributed by atoms with Gasteiger partial charge in [0.1, 0.15) is 5.75 Å². The maximum atomic E-state index is 13.3. The fraction of sp³-hybridized carbons (Fsp3) is 0.391. The summed E-state index contributed by atoms with van der Waals surface area (Å²) in [6.07, 6.45) is 0.317. The lowest BCUT2D eigenvalue weighted by molar-refractivity contribution is -0.118. The second kappa shape index (κ2) is 10.2. The van der Waals surface area contributed by atoms with E-state index in [1.807, 2.05) is 48.2 Å². The number of fused-ring (bicyclic) bond motifs is 1. The van der Waals surface area contributed by atoms with Crippen LogP contribution in [0.15, 0.2) is 36.4 Å². The number of aryl methyl sites for hydroxylation is 1. The van der Waals surface area contributed by atoms with E-state index >= 15 is 0 Å². The Morgan fingerprint density at radius 1 is 1.10 bits per heavy atom. The highest BCUT2D eigenvalue weighted by molar-refractivity contribution is 7.22. The van der Waals surface area contributed by atoms with Gasteiger partial charge in [-0.2, -0.15) is 0 Å². The molecule has 1 amide bonds. The molecule has 1 aromatic heterocycles. The first-order chi connectivity index (χ1) is 14.5. The van der Waals surface area contributed by atoms with Gasteiger partial charge in [0.25, 0.3) is 0 Å². The summed E-state index contributed by atoms with van der Waals surface area (Å²) in [7, 11) is 1.64. The summed E-state index contributed by atoms with van der Waals surface area (Å²) in [5.41, 5.74) is 2.77. The minimum absolute atomic E-state index is 0.0372. The monoisotopic (exact) mass is 445 g/mol. The summed E-state index contributed by atoms with van der Waals surface area (Å²) in [6.45, 7) is 9.54. The second-order valence-corrected chi connectivity index (χ2v) is 8.53. The van der Waals surface area contributed by atoms with Gasteiger partial charge >= 0.3 is 0 Å². The zero-order valence-corrected chi connectivity index (χ0v) is 19.5. The normalized spacial score (nSPS) is 11.3. The Kier molecular flexibility index (Phi) is 7.69. The number of ether oxygens (including phenoxy) is 1. The molecule has 0 unspecified atom stereocenters. The highest BCUT2D eigenvalue weighted by Crippen LogP contribution is 2.33. The molecule has 3 rings (SSSR count). The van der Waals surface area contributed by atoms with E-state index in [9.17, 15) is 4.79 Å². The Labute approximate surface area is 187 Å². The largest absolute Gasteiger partial charge is 0.497 e. The van der Waals surface area contributed by atoms with Gasteiger partial charge < -0.3 is 9.64 Å². The predicted octanol–water partition coefficient (Wildman–Crippen LogP) is 5.18. The lowest BCUT2D eigenvalue weighted by atomic mass is 10.1. The zero-order valence-electron chi connectivity index (χ0n) is 17.9. The number of likely N-dealkylation sites (N-methyl/N-ethyl adjacent to an activating group) is 1. The molecule has 0 aliphatic heterocycles. The van der Waals surface area contributed by atoms with E-state index in [1.54, 1.807) is 7.11 Å². The third-order valence-corrected chi connectivity index (χ3v) is 6.77. The van der Waals surface area contributed by atoms with E-state index in [2.05, 4.69) is 18.7 Å². The van der Waals surface area contributed by atoms with Gasteiger partial charge in [0.2, 0.25) is 5.91 Å². The second-order valence-electron chi connectivity index (χ2n) is 7.11. The van der Waals surface area contributed by atoms with Crippen LogP contribution in [0, 0.1) is 6.92 Å². The molecule has 0 saturated heterocycles. The molecule has 3 aromatic rings. The fourth-order valence-corrected chi connectivity index (χ4v) is 4.55. The molecule has 0 fully saturated rings. The number of methoxy groups -OCH3 is 1. The Morgan fingerprint density at radius 3 is 2.43 bits per heavy atom. The molecule has 1 heterocycles. The maximum absolute atomic E-state index is 13.3. The smallest absolute Gasteiger partial charge is 0.233 e. The van der Waals surface area contributed by atoms with E-state index in [0.717, 1.165) is 51.9 Å². The number of hydrogen-bond donors (Lipinski definition) is 0. The molecular weight excluding hydrogens is 418 g/mol. The number of aromatic nitrogens is 1. The van der Waals surface area contributed by atoms with Crippen LogP contribution in [-0.4, -0.2) is 49.1 Å². The van der Waals surface area contributed by atoms with Crippen LogP contribution in [0.5, 0.6) is 5.75 Å². The molecule has 0 N–H and O–H groups in total. The zero-order chi connectivity index (χ0) is 21.7. The quantitative estimate of drug-likeness (QED) is 0.455. The maximum Gasteiger partial charge on any atom is 0.233 e. The third kappa shape index (κ3) is 5.12. The van der Waals surface area contributed by atoms with Crippen LogP contribution in [0.25, 0.3) is 10.2 Å². The van der Waals surface area contributed by atoms with E-state index in [0.29, 0.717) is 18.0 Å². The molecule has 0 spiro atoms. The minimum Gasteiger partial charge on any atom is -0.497 e. The number of halogens is 1. The van der Waals surface area contributed by atoms with Crippen LogP contribution >= 0.6 is 22.9 Å². The summed E-state index contributed by atoms with van der Waals surface area (Å²) in [6, 6.07) is 11.5. The van der Waals surface area contributed by atoms with Crippen LogP contribution in [0.3, 0.4) is 0 Å². The van der Waals surface area contributed by atoms with Crippen LogP contribution in [0.4, 0.5) is 5.13 Å². The van der Waals surface area contributed by atoms with Crippen molar-refractivity contribution in [3.05, 3.63) is 52.5 Å². The van der Waals surface area contributed by atoms with Crippen molar-refractivity contribution in [3.63, 3.8) is 0 Å². The molecular formula is C23H28ClN3O2S. The molecule has 160 valence electrons. The number of hydrogen-bond acceptors (Lipinski definition) is 5. The third-order valence-electron chi connectivity index (χ3n) is 5.32. The number of carbonyl (C=O) groups excluding carboxylic acids is 1. The SMILES string of the molecule is CCN(CC)CCN(C(=O)Cc1ccc(OC)cc1)c1nc2c(C)c(Cl)ccc2s1. The summed E-state index contributed by atoms with van der Waals surface area (Å²) in [5, 5.41) is 1.42. The molecule has 0 aliphatic carbocycles. The van der Waals surface area contributed by atoms with E-state index in [-0.39, 0.29) is 5.91 Å². The fourth-order valence-electron chi connectivity index (χ4n) is 3.33. The Balaban J connectivity index is 1.89. The van der Waals surface area contributed by atoms with Crippen molar-refractivity contribution in [2.75, 3.05) is 38.2 Å². The standard InChI is InChI=1S/C23H28ClN3O2S/c1-5-26(6-2)13-14-27(21(28)15-17-7-9-18(29-4)10-8-17)23-25-22-16(3)19(24)11-12-20(22)30-23/h7-12H,5-6,13-15H2,1-4H3. The minimum atomic E-state index is 0.0372. The lowest BCUT2D eigenvalue weighted by Crippen LogP contribution is -2.39. The molecule has 0 bridgehead atoms. The number of benzene rings is 2. The van der Waals surface area contributed by atoms with Crippen molar-refractivity contribution >= 4 is 44.2 Å². The van der Waals surface area contributed by atoms with Crippen LogP contribution in [-0.2, 0) is 11.2 Å². The highest BCUT2D eigenvalue weighted by Gasteiger charge is 2.21. The lowest BCUT2D eigenvalue weighted by Gasteiger charge is -2.24. The average molecular weight is 446 g/mol. The number of rotatable bonds is 9. The highest BCUT2D eigenvalue weighted by atomic mass is 35.5. The summed E-state index contributed by atoms with van der Waals surface area (Å²) in [4.78, 5) is 22.2. The Morgan fingerprint density at radius 2 is 1.80 bits per heavy atom. The summed E-state index contributed by atoms with van der Waals surface area (Å²) >= 11 is 7.82. The van der Waals surface area contributed by atoms with Gasteiger partial charge in [0.15, 0.2) is 5.13 Å². The number of anilines is 1. The van der Waals surface area contributed by atoms with Crippen molar-refractivity contribution in [3.8, 4) is 5.75 Å². The number of amides is 1. The predicted molar refractivity (Wildman–Crippen MR) is 126 cm³/mol. The van der Waals surface area contributed by atoms with Crippen molar-refractivity contribution < 1.29 is 9.53 Å². The molecule has 0 atom stereocenters. The van der Waals surface area contributed by atoms with Crippen molar-refractivity contribution in [1.29, 1.82) is 0 Å². The topological polar surface area (TPSA) is 45.7 Å². The molecule has 2 aromatic carbocycles. The van der Waals surface area contributed by atoms with Crippen molar-refractivity contribution in [2.24, 2.45) is 0 Å². The first-order valence-electron chi connectivity index (χ1n) is 10.2. The van der Waals surface area contributed by atoms with Crippen LogP contribution < -0.4 is 9.64 Å². The van der Waals surface area contributed by atoms with E-state index in [1.165, 1.54) is 11.3 Å². The van der Waals surface area contributed by atoms with E-state index < -0.39 is 0 Å². The van der Waals surface area contributed by atoms with Gasteiger partial charge in [-0.1, -0.05) is 48.9 Å². The molecule has 0 aliphatic rings. The summed E-state index contributed by atoms with van der Waals surface area (Å²) in [5.74, 6) is 0.818. The Bertz CT molecular complexity index is 1000. The van der Waals surface area contributed by atoms with Gasteiger partial charge in [-0.25, -0.2) is 4.98 Å². The van der Waals surface area contributed by atoms with Gasteiger partial charge in [0, 0.05) is 18.1 Å². The number of carbonyl (C=O) groups is 1. The molecule has 0 radical (unpaired) electrons. The van der Waals surface area contributed by atoms with Gasteiger partial charge in [-0.15, -0.1) is 0 Å². The Hall–Kier alpha value is -2.15. The van der Waals surface area contributed by atoms with E-state index in [4.69, 9.17) is 21.3 Å². The molecule has 7 heteroatoms. The molecule has 30 heavy (non-hydrogen) atoms. The molecule has 0 saturated carbocycles. The van der Waals surface area contributed by atoms with Gasteiger partial charge in [-0.05, 0) is 55.4 Å². The van der Waals surface area contributed by atoms with Crippen LogP contribution in [0.2, 0.25) is 5.02 Å².